The lowest BCUT2D eigenvalue weighted by Crippen LogP contribution is -1.84. The molecule has 1 rings (SSSR count). The predicted molar refractivity (Wildman–Crippen MR) is 63.1 cm³/mol. The van der Waals surface area contributed by atoms with Crippen LogP contribution in [0.4, 0.5) is 0 Å². The van der Waals surface area contributed by atoms with E-state index >= 15 is 0 Å². The molecular formula is C12H12Cl2. The molecule has 0 fully saturated rings. The van der Waals surface area contributed by atoms with Crippen molar-refractivity contribution in [2.75, 3.05) is 5.88 Å². The first-order valence-electron chi connectivity index (χ1n) is 4.46. The lowest BCUT2D eigenvalue weighted by atomic mass is 10.1. The van der Waals surface area contributed by atoms with Gasteiger partial charge in [-0.2, -0.15) is 0 Å². The molecule has 74 valence electrons. The Morgan fingerprint density at radius 1 is 1.21 bits per heavy atom. The molecule has 0 aliphatic rings. The van der Waals surface area contributed by atoms with Gasteiger partial charge < -0.3 is 0 Å². The summed E-state index contributed by atoms with van der Waals surface area (Å²) in [6.07, 6.45) is 0.724. The largest absolute Gasteiger partial charge is 0.126 e. The van der Waals surface area contributed by atoms with Crippen molar-refractivity contribution < 1.29 is 0 Å². The van der Waals surface area contributed by atoms with E-state index < -0.39 is 0 Å². The van der Waals surface area contributed by atoms with Gasteiger partial charge in [-0.15, -0.1) is 11.6 Å². The van der Waals surface area contributed by atoms with Gasteiger partial charge in [-0.1, -0.05) is 23.4 Å². The first-order valence-corrected chi connectivity index (χ1v) is 5.38. The molecule has 0 saturated heterocycles. The van der Waals surface area contributed by atoms with E-state index in [0.29, 0.717) is 5.88 Å². The topological polar surface area (TPSA) is 0 Å². The molecule has 0 unspecified atom stereocenters. The molecule has 0 aliphatic carbocycles. The van der Waals surface area contributed by atoms with E-state index in [-0.39, 0.29) is 0 Å². The fraction of sp³-hybridized carbons (Fsp3) is 0.333. The average Bonchev–Trinajstić information content (AvgIpc) is 2.14. The molecule has 0 atom stereocenters. The third-order valence-electron chi connectivity index (χ3n) is 1.89. The summed E-state index contributed by atoms with van der Waals surface area (Å²) in [6, 6.07) is 3.99. The molecule has 1 aromatic rings. The van der Waals surface area contributed by atoms with Gasteiger partial charge in [0.05, 0.1) is 0 Å². The van der Waals surface area contributed by atoms with Gasteiger partial charge in [0.25, 0.3) is 0 Å². The van der Waals surface area contributed by atoms with Crippen LogP contribution < -0.4 is 0 Å². The molecule has 0 spiro atoms. The Labute approximate surface area is 95.2 Å². The van der Waals surface area contributed by atoms with Gasteiger partial charge >= 0.3 is 0 Å². The maximum absolute atomic E-state index is 6.04. The minimum Gasteiger partial charge on any atom is -0.126 e. The maximum Gasteiger partial charge on any atom is 0.0465 e. The van der Waals surface area contributed by atoms with E-state index in [9.17, 15) is 0 Å². The van der Waals surface area contributed by atoms with Crippen molar-refractivity contribution in [1.82, 2.24) is 0 Å². The van der Waals surface area contributed by atoms with Crippen LogP contribution in [-0.4, -0.2) is 5.88 Å². The van der Waals surface area contributed by atoms with Crippen LogP contribution in [0, 0.1) is 25.7 Å². The van der Waals surface area contributed by atoms with Gasteiger partial charge in [0, 0.05) is 22.9 Å². The van der Waals surface area contributed by atoms with Crippen LogP contribution >= 0.6 is 23.2 Å². The summed E-state index contributed by atoms with van der Waals surface area (Å²) < 4.78 is 0. The normalized spacial score (nSPS) is 9.43. The first-order chi connectivity index (χ1) is 6.65. The van der Waals surface area contributed by atoms with Gasteiger partial charge in [-0.3, -0.25) is 0 Å². The second-order valence-corrected chi connectivity index (χ2v) is 3.92. The predicted octanol–water partition coefficient (Wildman–Crippen LogP) is 3.94. The van der Waals surface area contributed by atoms with Crippen molar-refractivity contribution in [2.45, 2.75) is 20.3 Å². The summed E-state index contributed by atoms with van der Waals surface area (Å²) in [5.74, 6) is 6.64. The monoisotopic (exact) mass is 226 g/mol. The average molecular weight is 227 g/mol. The molecule has 2 heteroatoms. The molecule has 14 heavy (non-hydrogen) atoms. The third-order valence-corrected chi connectivity index (χ3v) is 2.67. The van der Waals surface area contributed by atoms with Crippen molar-refractivity contribution >= 4 is 23.2 Å². The molecule has 0 heterocycles. The van der Waals surface area contributed by atoms with Crippen LogP contribution in [-0.2, 0) is 0 Å². The minimum absolute atomic E-state index is 0.582. The SMILES string of the molecule is Cc1cc(C#CCCCl)cc(C)c1Cl. The van der Waals surface area contributed by atoms with Crippen LogP contribution in [0.5, 0.6) is 0 Å². The van der Waals surface area contributed by atoms with E-state index in [4.69, 9.17) is 23.2 Å². The van der Waals surface area contributed by atoms with Crippen LogP contribution in [0.15, 0.2) is 12.1 Å². The molecule has 1 aromatic carbocycles. The Morgan fingerprint density at radius 3 is 2.29 bits per heavy atom. The van der Waals surface area contributed by atoms with Crippen molar-refractivity contribution in [1.29, 1.82) is 0 Å². The summed E-state index contributed by atoms with van der Waals surface area (Å²) in [5.41, 5.74) is 3.15. The van der Waals surface area contributed by atoms with Crippen LogP contribution in [0.1, 0.15) is 23.1 Å². The summed E-state index contributed by atoms with van der Waals surface area (Å²) in [7, 11) is 0. The zero-order valence-corrected chi connectivity index (χ0v) is 9.84. The molecule has 0 amide bonds. The minimum atomic E-state index is 0.582. The highest BCUT2D eigenvalue weighted by atomic mass is 35.5. The number of hydrogen-bond acceptors (Lipinski definition) is 0. The molecule has 0 radical (unpaired) electrons. The highest BCUT2D eigenvalue weighted by Gasteiger charge is 2.00. The second kappa shape index (κ2) is 5.29. The Hall–Kier alpha value is -0.640. The third kappa shape index (κ3) is 2.94. The number of halogens is 2. The Bertz CT molecular complexity index is 360. The number of hydrogen-bond donors (Lipinski definition) is 0. The Balaban J connectivity index is 2.97. The standard InChI is InChI=1S/C12H12Cl2/c1-9-7-11(5-3-4-6-13)8-10(2)12(9)14/h7-8H,4,6H2,1-2H3. The maximum atomic E-state index is 6.04. The van der Waals surface area contributed by atoms with Gasteiger partial charge in [-0.05, 0) is 37.1 Å². The lowest BCUT2D eigenvalue weighted by molar-refractivity contribution is 1.29. The molecule has 0 nitrogen and oxygen atoms in total. The van der Waals surface area contributed by atoms with E-state index in [0.717, 1.165) is 28.1 Å². The summed E-state index contributed by atoms with van der Waals surface area (Å²) >= 11 is 11.6. The van der Waals surface area contributed by atoms with Gasteiger partial charge in [0.2, 0.25) is 0 Å². The molecule has 0 saturated carbocycles. The van der Waals surface area contributed by atoms with Crippen LogP contribution in [0.3, 0.4) is 0 Å². The van der Waals surface area contributed by atoms with Gasteiger partial charge in [-0.25, -0.2) is 0 Å². The quantitative estimate of drug-likeness (QED) is 0.503. The number of alkyl halides is 1. The lowest BCUT2D eigenvalue weighted by Gasteiger charge is -2.02. The number of rotatable bonds is 1. The molecule has 0 aliphatic heterocycles. The number of benzene rings is 1. The van der Waals surface area contributed by atoms with Crippen molar-refractivity contribution in [3.8, 4) is 11.8 Å². The molecule has 0 bridgehead atoms. The van der Waals surface area contributed by atoms with E-state index in [1.165, 1.54) is 0 Å². The van der Waals surface area contributed by atoms with Crippen LogP contribution in [0.25, 0.3) is 0 Å². The first kappa shape index (κ1) is 11.4. The Kier molecular flexibility index (Phi) is 4.32. The van der Waals surface area contributed by atoms with E-state index in [1.54, 1.807) is 0 Å². The fourth-order valence-electron chi connectivity index (χ4n) is 1.23. The van der Waals surface area contributed by atoms with E-state index in [1.807, 2.05) is 26.0 Å². The Morgan fingerprint density at radius 2 is 1.79 bits per heavy atom. The van der Waals surface area contributed by atoms with Gasteiger partial charge in [0.15, 0.2) is 0 Å². The fourth-order valence-corrected chi connectivity index (χ4v) is 1.43. The summed E-state index contributed by atoms with van der Waals surface area (Å²) in [6.45, 7) is 3.98. The second-order valence-electron chi connectivity index (χ2n) is 3.16. The molecule has 0 aromatic heterocycles. The highest BCUT2D eigenvalue weighted by molar-refractivity contribution is 6.32. The van der Waals surface area contributed by atoms with Crippen molar-refractivity contribution in [3.05, 3.63) is 33.8 Å². The van der Waals surface area contributed by atoms with E-state index in [2.05, 4.69) is 11.8 Å². The summed E-state index contributed by atoms with van der Waals surface area (Å²) in [5, 5.41) is 0.827. The smallest absolute Gasteiger partial charge is 0.0465 e. The summed E-state index contributed by atoms with van der Waals surface area (Å²) in [4.78, 5) is 0. The highest BCUT2D eigenvalue weighted by Crippen LogP contribution is 2.21. The van der Waals surface area contributed by atoms with Crippen molar-refractivity contribution in [2.24, 2.45) is 0 Å². The zero-order chi connectivity index (χ0) is 10.6. The number of aryl methyl sites for hydroxylation is 2. The molecule has 0 N–H and O–H groups in total. The molecular weight excluding hydrogens is 215 g/mol. The zero-order valence-electron chi connectivity index (χ0n) is 8.32. The van der Waals surface area contributed by atoms with Crippen LogP contribution in [0.2, 0.25) is 5.02 Å². The van der Waals surface area contributed by atoms with Crippen molar-refractivity contribution in [3.63, 3.8) is 0 Å². The van der Waals surface area contributed by atoms with Gasteiger partial charge in [0.1, 0.15) is 0 Å².